The SMILES string of the molecule is COC1=CC(C(C)(C)O)=CCO1. The molecule has 0 aromatic carbocycles. The Morgan fingerprint density at radius 2 is 2.25 bits per heavy atom. The Bertz CT molecular complexity index is 220. The maximum Gasteiger partial charge on any atom is 0.279 e. The summed E-state index contributed by atoms with van der Waals surface area (Å²) in [6, 6.07) is 0. The van der Waals surface area contributed by atoms with Gasteiger partial charge in [0.25, 0.3) is 5.95 Å². The molecule has 1 aliphatic heterocycles. The van der Waals surface area contributed by atoms with Gasteiger partial charge in [-0.25, -0.2) is 0 Å². The van der Waals surface area contributed by atoms with Crippen molar-refractivity contribution in [3.05, 3.63) is 23.7 Å². The number of ether oxygens (including phenoxy) is 2. The van der Waals surface area contributed by atoms with Gasteiger partial charge in [-0.2, -0.15) is 0 Å². The van der Waals surface area contributed by atoms with Crippen molar-refractivity contribution in [3.8, 4) is 0 Å². The van der Waals surface area contributed by atoms with Crippen molar-refractivity contribution in [2.45, 2.75) is 19.4 Å². The molecule has 1 N–H and O–H groups in total. The second kappa shape index (κ2) is 3.19. The number of hydrogen-bond acceptors (Lipinski definition) is 3. The Morgan fingerprint density at radius 3 is 2.75 bits per heavy atom. The minimum atomic E-state index is -0.826. The molecular weight excluding hydrogens is 156 g/mol. The van der Waals surface area contributed by atoms with Gasteiger partial charge in [-0.3, -0.25) is 0 Å². The second-order valence-corrected chi connectivity index (χ2v) is 3.20. The normalized spacial score (nSPS) is 17.7. The lowest BCUT2D eigenvalue weighted by molar-refractivity contribution is 0.0646. The van der Waals surface area contributed by atoms with Crippen molar-refractivity contribution in [3.63, 3.8) is 0 Å². The number of hydrogen-bond donors (Lipinski definition) is 1. The molecule has 0 aliphatic carbocycles. The summed E-state index contributed by atoms with van der Waals surface area (Å²) in [5.74, 6) is 0.453. The molecule has 1 aliphatic rings. The first-order valence-corrected chi connectivity index (χ1v) is 3.85. The first-order valence-electron chi connectivity index (χ1n) is 3.85. The standard InChI is InChI=1S/C9H14O3/c1-9(2,10)7-4-5-12-8(6-7)11-3/h4,6,10H,5H2,1-3H3. The van der Waals surface area contributed by atoms with E-state index in [1.807, 2.05) is 6.08 Å². The molecule has 3 heteroatoms. The largest absolute Gasteiger partial charge is 0.469 e. The van der Waals surface area contributed by atoms with E-state index < -0.39 is 5.60 Å². The zero-order valence-electron chi connectivity index (χ0n) is 7.63. The molecule has 0 bridgehead atoms. The zero-order valence-corrected chi connectivity index (χ0v) is 7.63. The van der Waals surface area contributed by atoms with Gasteiger partial charge >= 0.3 is 0 Å². The third-order valence-electron chi connectivity index (χ3n) is 1.71. The highest BCUT2D eigenvalue weighted by atomic mass is 16.7. The highest BCUT2D eigenvalue weighted by Crippen LogP contribution is 2.21. The van der Waals surface area contributed by atoms with E-state index in [1.165, 1.54) is 0 Å². The molecule has 0 saturated carbocycles. The van der Waals surface area contributed by atoms with Crippen LogP contribution in [0.2, 0.25) is 0 Å². The van der Waals surface area contributed by atoms with E-state index in [4.69, 9.17) is 9.47 Å². The Kier molecular flexibility index (Phi) is 2.43. The fourth-order valence-corrected chi connectivity index (χ4v) is 0.985. The molecule has 1 heterocycles. The molecule has 1 rings (SSSR count). The molecule has 3 nitrogen and oxygen atoms in total. The van der Waals surface area contributed by atoms with Crippen molar-refractivity contribution >= 4 is 0 Å². The van der Waals surface area contributed by atoms with Crippen LogP contribution >= 0.6 is 0 Å². The average molecular weight is 170 g/mol. The van der Waals surface area contributed by atoms with Gasteiger partial charge in [0.05, 0.1) is 12.7 Å². The summed E-state index contributed by atoms with van der Waals surface area (Å²) in [5, 5.41) is 9.63. The van der Waals surface area contributed by atoms with Gasteiger partial charge in [0.2, 0.25) is 0 Å². The van der Waals surface area contributed by atoms with Gasteiger partial charge in [-0.05, 0) is 25.5 Å². The summed E-state index contributed by atoms with van der Waals surface area (Å²) in [4.78, 5) is 0. The van der Waals surface area contributed by atoms with Crippen LogP contribution < -0.4 is 0 Å². The third-order valence-corrected chi connectivity index (χ3v) is 1.71. The second-order valence-electron chi connectivity index (χ2n) is 3.20. The quantitative estimate of drug-likeness (QED) is 0.676. The highest BCUT2D eigenvalue weighted by Gasteiger charge is 2.20. The van der Waals surface area contributed by atoms with Gasteiger partial charge in [0, 0.05) is 6.08 Å². The minimum Gasteiger partial charge on any atom is -0.469 e. The van der Waals surface area contributed by atoms with Crippen molar-refractivity contribution in [2.75, 3.05) is 13.7 Å². The monoisotopic (exact) mass is 170 g/mol. The Labute approximate surface area is 72.3 Å². The Balaban J connectivity index is 2.80. The maximum absolute atomic E-state index is 9.63. The first-order chi connectivity index (χ1) is 5.54. The molecule has 68 valence electrons. The predicted molar refractivity (Wildman–Crippen MR) is 45.4 cm³/mol. The molecule has 0 unspecified atom stereocenters. The lowest BCUT2D eigenvalue weighted by Crippen LogP contribution is -2.23. The summed E-state index contributed by atoms with van der Waals surface area (Å²) >= 11 is 0. The highest BCUT2D eigenvalue weighted by molar-refractivity contribution is 5.29. The van der Waals surface area contributed by atoms with Gasteiger partial charge < -0.3 is 14.6 Å². The molecule has 0 radical (unpaired) electrons. The van der Waals surface area contributed by atoms with Gasteiger partial charge in [0.1, 0.15) is 6.61 Å². The number of aliphatic hydroxyl groups is 1. The number of rotatable bonds is 2. The molecule has 12 heavy (non-hydrogen) atoms. The van der Waals surface area contributed by atoms with Crippen LogP contribution in [0.4, 0.5) is 0 Å². The van der Waals surface area contributed by atoms with Crippen molar-refractivity contribution < 1.29 is 14.6 Å². The van der Waals surface area contributed by atoms with Gasteiger partial charge in [-0.15, -0.1) is 0 Å². The van der Waals surface area contributed by atoms with Crippen molar-refractivity contribution in [1.29, 1.82) is 0 Å². The van der Waals surface area contributed by atoms with E-state index in [0.717, 1.165) is 5.57 Å². The smallest absolute Gasteiger partial charge is 0.279 e. The van der Waals surface area contributed by atoms with Gasteiger partial charge in [0.15, 0.2) is 0 Å². The summed E-state index contributed by atoms with van der Waals surface area (Å²) in [6.07, 6.45) is 3.53. The minimum absolute atomic E-state index is 0.453. The van der Waals surface area contributed by atoms with Crippen LogP contribution in [0.5, 0.6) is 0 Å². The van der Waals surface area contributed by atoms with Crippen LogP contribution in [0.25, 0.3) is 0 Å². The molecule has 0 saturated heterocycles. The van der Waals surface area contributed by atoms with Crippen LogP contribution in [-0.4, -0.2) is 24.4 Å². The molecule has 0 aromatic rings. The summed E-state index contributed by atoms with van der Waals surface area (Å²) in [6.45, 7) is 3.92. The van der Waals surface area contributed by atoms with Crippen LogP contribution in [-0.2, 0) is 9.47 Å². The molecule has 0 amide bonds. The topological polar surface area (TPSA) is 38.7 Å². The average Bonchev–Trinajstić information content (AvgIpc) is 2.03. The summed E-state index contributed by atoms with van der Waals surface area (Å²) in [7, 11) is 1.54. The molecule has 0 atom stereocenters. The summed E-state index contributed by atoms with van der Waals surface area (Å²) < 4.78 is 10.0. The Morgan fingerprint density at radius 1 is 1.58 bits per heavy atom. The van der Waals surface area contributed by atoms with Gasteiger partial charge in [-0.1, -0.05) is 0 Å². The number of methoxy groups -OCH3 is 1. The Hall–Kier alpha value is -0.960. The molecule has 0 spiro atoms. The van der Waals surface area contributed by atoms with Crippen molar-refractivity contribution in [2.24, 2.45) is 0 Å². The molecular formula is C9H14O3. The summed E-state index contributed by atoms with van der Waals surface area (Å²) in [5.41, 5.74) is -0.00120. The van der Waals surface area contributed by atoms with E-state index in [1.54, 1.807) is 27.0 Å². The van der Waals surface area contributed by atoms with E-state index in [-0.39, 0.29) is 0 Å². The van der Waals surface area contributed by atoms with E-state index in [9.17, 15) is 5.11 Å². The first kappa shape index (κ1) is 9.13. The zero-order chi connectivity index (χ0) is 9.19. The maximum atomic E-state index is 9.63. The van der Waals surface area contributed by atoms with Crippen molar-refractivity contribution in [1.82, 2.24) is 0 Å². The van der Waals surface area contributed by atoms with Crippen LogP contribution in [0, 0.1) is 0 Å². The van der Waals surface area contributed by atoms with E-state index >= 15 is 0 Å². The van der Waals surface area contributed by atoms with E-state index in [2.05, 4.69) is 0 Å². The van der Waals surface area contributed by atoms with Crippen LogP contribution in [0.3, 0.4) is 0 Å². The molecule has 0 fully saturated rings. The fourth-order valence-electron chi connectivity index (χ4n) is 0.985. The van der Waals surface area contributed by atoms with E-state index in [0.29, 0.717) is 12.6 Å². The third kappa shape index (κ3) is 2.01. The fraction of sp³-hybridized carbons (Fsp3) is 0.556. The lowest BCUT2D eigenvalue weighted by Gasteiger charge is -2.22. The predicted octanol–water partition coefficient (Wildman–Crippen LogP) is 1.20. The molecule has 0 aromatic heterocycles. The van der Waals surface area contributed by atoms with Crippen LogP contribution in [0.1, 0.15) is 13.8 Å². The lowest BCUT2D eigenvalue weighted by atomic mass is 9.97. The van der Waals surface area contributed by atoms with Crippen LogP contribution in [0.15, 0.2) is 23.7 Å².